The summed E-state index contributed by atoms with van der Waals surface area (Å²) in [6.45, 7) is 9.35. The first-order valence-electron chi connectivity index (χ1n) is 6.82. The fourth-order valence-corrected chi connectivity index (χ4v) is 2.72. The van der Waals surface area contributed by atoms with Gasteiger partial charge in [0.1, 0.15) is 0 Å². The number of unbranched alkanes of at least 4 members (excludes halogenated alkanes) is 1. The third kappa shape index (κ3) is 3.44. The van der Waals surface area contributed by atoms with Gasteiger partial charge in [0.15, 0.2) is 0 Å². The topological polar surface area (TPSA) is 38.5 Å². The fourth-order valence-electron chi connectivity index (χ4n) is 2.72. The Balaban J connectivity index is 2.65. The molecule has 1 aliphatic heterocycles. The Kier molecular flexibility index (Phi) is 6.32. The zero-order chi connectivity index (χ0) is 11.9. The summed E-state index contributed by atoms with van der Waals surface area (Å²) in [6.07, 6.45) is 5.98. The maximum atomic E-state index is 6.06. The second-order valence-electron chi connectivity index (χ2n) is 4.83. The van der Waals surface area contributed by atoms with Gasteiger partial charge in [-0.3, -0.25) is 4.90 Å². The van der Waals surface area contributed by atoms with Crippen molar-refractivity contribution in [3.63, 3.8) is 0 Å². The molecule has 0 bridgehead atoms. The van der Waals surface area contributed by atoms with E-state index in [1.165, 1.54) is 25.8 Å². The molecule has 0 amide bonds. The van der Waals surface area contributed by atoms with Gasteiger partial charge in [-0.1, -0.05) is 20.3 Å². The average molecular weight is 228 g/mol. The van der Waals surface area contributed by atoms with Crippen molar-refractivity contribution in [1.29, 1.82) is 0 Å². The highest BCUT2D eigenvalue weighted by Gasteiger charge is 2.34. The lowest BCUT2D eigenvalue weighted by Gasteiger charge is -2.42. The van der Waals surface area contributed by atoms with E-state index >= 15 is 0 Å². The smallest absolute Gasteiger partial charge is 0.0484 e. The quantitative estimate of drug-likeness (QED) is 0.756. The van der Waals surface area contributed by atoms with E-state index in [0.717, 1.165) is 39.1 Å². The van der Waals surface area contributed by atoms with Gasteiger partial charge in [-0.15, -0.1) is 0 Å². The summed E-state index contributed by atoms with van der Waals surface area (Å²) in [6, 6.07) is 0. The summed E-state index contributed by atoms with van der Waals surface area (Å²) < 4.78 is 5.57. The first-order chi connectivity index (χ1) is 7.79. The molecule has 1 unspecified atom stereocenters. The lowest BCUT2D eigenvalue weighted by atomic mass is 9.88. The third-order valence-corrected chi connectivity index (χ3v) is 3.86. The molecule has 0 aromatic heterocycles. The van der Waals surface area contributed by atoms with Crippen molar-refractivity contribution in [2.75, 3.05) is 32.8 Å². The Hall–Kier alpha value is -0.120. The van der Waals surface area contributed by atoms with Gasteiger partial charge in [-0.05, 0) is 38.8 Å². The van der Waals surface area contributed by atoms with Crippen molar-refractivity contribution in [1.82, 2.24) is 4.90 Å². The Morgan fingerprint density at radius 1 is 1.25 bits per heavy atom. The summed E-state index contributed by atoms with van der Waals surface area (Å²) in [4.78, 5) is 2.59. The lowest BCUT2D eigenvalue weighted by Crippen LogP contribution is -2.54. The van der Waals surface area contributed by atoms with Crippen molar-refractivity contribution >= 4 is 0 Å². The molecule has 3 heteroatoms. The Labute approximate surface area is 100 Å². The number of hydrogen-bond donors (Lipinski definition) is 1. The Bertz CT molecular complexity index is 177. The van der Waals surface area contributed by atoms with Gasteiger partial charge in [0.2, 0.25) is 0 Å². The standard InChI is InChI=1S/C13H28N2O/c1-3-5-9-15(4-2)13(12-14)7-6-10-16-11-8-13/h3-12,14H2,1-2H3. The molecule has 0 aromatic carbocycles. The van der Waals surface area contributed by atoms with Crippen LogP contribution in [0.1, 0.15) is 46.0 Å². The van der Waals surface area contributed by atoms with Crippen LogP contribution in [0.2, 0.25) is 0 Å². The van der Waals surface area contributed by atoms with Crippen LogP contribution < -0.4 is 5.73 Å². The number of nitrogens with two attached hydrogens (primary N) is 1. The molecular weight excluding hydrogens is 200 g/mol. The summed E-state index contributed by atoms with van der Waals surface area (Å²) in [5, 5.41) is 0. The zero-order valence-electron chi connectivity index (χ0n) is 11.0. The molecule has 3 nitrogen and oxygen atoms in total. The van der Waals surface area contributed by atoms with Gasteiger partial charge in [-0.2, -0.15) is 0 Å². The van der Waals surface area contributed by atoms with Crippen molar-refractivity contribution in [3.05, 3.63) is 0 Å². The molecule has 1 aliphatic rings. The fraction of sp³-hybridized carbons (Fsp3) is 1.00. The van der Waals surface area contributed by atoms with E-state index in [1.54, 1.807) is 0 Å². The summed E-state index contributed by atoms with van der Waals surface area (Å²) in [7, 11) is 0. The largest absolute Gasteiger partial charge is 0.381 e. The van der Waals surface area contributed by atoms with Crippen molar-refractivity contribution in [2.45, 2.75) is 51.5 Å². The van der Waals surface area contributed by atoms with Crippen molar-refractivity contribution < 1.29 is 4.74 Å². The summed E-state index contributed by atoms with van der Waals surface area (Å²) in [5.74, 6) is 0. The highest BCUT2D eigenvalue weighted by molar-refractivity contribution is 4.92. The number of nitrogens with zero attached hydrogens (tertiary/aromatic N) is 1. The van der Waals surface area contributed by atoms with E-state index in [0.29, 0.717) is 0 Å². The molecule has 0 saturated carbocycles. The van der Waals surface area contributed by atoms with E-state index in [1.807, 2.05) is 0 Å². The molecule has 1 heterocycles. The Morgan fingerprint density at radius 3 is 2.69 bits per heavy atom. The number of rotatable bonds is 6. The molecule has 1 fully saturated rings. The molecule has 1 saturated heterocycles. The van der Waals surface area contributed by atoms with E-state index in [4.69, 9.17) is 10.5 Å². The minimum Gasteiger partial charge on any atom is -0.381 e. The van der Waals surface area contributed by atoms with Gasteiger partial charge in [0.05, 0.1) is 0 Å². The predicted molar refractivity (Wildman–Crippen MR) is 68.6 cm³/mol. The minimum absolute atomic E-state index is 0.209. The van der Waals surface area contributed by atoms with Crippen molar-refractivity contribution in [2.24, 2.45) is 5.73 Å². The highest BCUT2D eigenvalue weighted by Crippen LogP contribution is 2.27. The number of hydrogen-bond acceptors (Lipinski definition) is 3. The zero-order valence-corrected chi connectivity index (χ0v) is 11.0. The molecule has 0 radical (unpaired) electrons. The molecule has 2 N–H and O–H groups in total. The second-order valence-corrected chi connectivity index (χ2v) is 4.83. The first-order valence-corrected chi connectivity index (χ1v) is 6.82. The van der Waals surface area contributed by atoms with Gasteiger partial charge in [0, 0.05) is 25.3 Å². The Morgan fingerprint density at radius 2 is 2.06 bits per heavy atom. The maximum Gasteiger partial charge on any atom is 0.0484 e. The van der Waals surface area contributed by atoms with Crippen molar-refractivity contribution in [3.8, 4) is 0 Å². The monoisotopic (exact) mass is 228 g/mol. The van der Waals surface area contributed by atoms with Crippen LogP contribution in [-0.2, 0) is 4.74 Å². The lowest BCUT2D eigenvalue weighted by molar-refractivity contribution is 0.0701. The molecule has 16 heavy (non-hydrogen) atoms. The van der Waals surface area contributed by atoms with Gasteiger partial charge in [0.25, 0.3) is 0 Å². The van der Waals surface area contributed by atoms with Crippen LogP contribution >= 0.6 is 0 Å². The maximum absolute atomic E-state index is 6.06. The van der Waals surface area contributed by atoms with Crippen LogP contribution in [0.4, 0.5) is 0 Å². The van der Waals surface area contributed by atoms with E-state index in [-0.39, 0.29) is 5.54 Å². The van der Waals surface area contributed by atoms with Crippen LogP contribution in [0.3, 0.4) is 0 Å². The molecule has 1 atom stereocenters. The number of ether oxygens (including phenoxy) is 1. The van der Waals surface area contributed by atoms with E-state index < -0.39 is 0 Å². The van der Waals surface area contributed by atoms with E-state index in [9.17, 15) is 0 Å². The molecule has 1 rings (SSSR count). The second kappa shape index (κ2) is 7.25. The van der Waals surface area contributed by atoms with E-state index in [2.05, 4.69) is 18.7 Å². The van der Waals surface area contributed by atoms with Gasteiger partial charge >= 0.3 is 0 Å². The van der Waals surface area contributed by atoms with Crippen LogP contribution in [0.15, 0.2) is 0 Å². The molecule has 0 aliphatic carbocycles. The third-order valence-electron chi connectivity index (χ3n) is 3.86. The minimum atomic E-state index is 0.209. The molecule has 96 valence electrons. The first kappa shape index (κ1) is 13.9. The normalized spacial score (nSPS) is 27.0. The van der Waals surface area contributed by atoms with Crippen LogP contribution in [0.5, 0.6) is 0 Å². The van der Waals surface area contributed by atoms with Crippen LogP contribution in [0, 0.1) is 0 Å². The number of likely N-dealkylation sites (N-methyl/N-ethyl adjacent to an activating group) is 1. The summed E-state index contributed by atoms with van der Waals surface area (Å²) in [5.41, 5.74) is 6.27. The molecular formula is C13H28N2O. The molecule has 0 spiro atoms. The summed E-state index contributed by atoms with van der Waals surface area (Å²) >= 11 is 0. The predicted octanol–water partition coefficient (Wildman–Crippen LogP) is 2.01. The SMILES string of the molecule is CCCCN(CC)C1(CN)CCCOCC1. The van der Waals surface area contributed by atoms with Crippen LogP contribution in [-0.4, -0.2) is 43.3 Å². The van der Waals surface area contributed by atoms with Gasteiger partial charge in [-0.25, -0.2) is 0 Å². The average Bonchev–Trinajstić information content (AvgIpc) is 2.56. The highest BCUT2D eigenvalue weighted by atomic mass is 16.5. The molecule has 0 aromatic rings. The van der Waals surface area contributed by atoms with Gasteiger partial charge < -0.3 is 10.5 Å². The van der Waals surface area contributed by atoms with Crippen LogP contribution in [0.25, 0.3) is 0 Å².